The van der Waals surface area contributed by atoms with Crippen molar-refractivity contribution in [3.05, 3.63) is 83.7 Å². The fourth-order valence-electron chi connectivity index (χ4n) is 4.23. The van der Waals surface area contributed by atoms with E-state index in [9.17, 15) is 8.78 Å². The zero-order valence-electron chi connectivity index (χ0n) is 17.7. The summed E-state index contributed by atoms with van der Waals surface area (Å²) in [5.41, 5.74) is 2.26. The Kier molecular flexibility index (Phi) is 7.38. The molecule has 4 rings (SSSR count). The molecule has 1 atom stereocenters. The lowest BCUT2D eigenvalue weighted by molar-refractivity contribution is 0.0886. The van der Waals surface area contributed by atoms with E-state index in [-0.39, 0.29) is 18.5 Å². The van der Waals surface area contributed by atoms with Gasteiger partial charge in [-0.1, -0.05) is 42.5 Å². The Balaban J connectivity index is 1.55. The summed E-state index contributed by atoms with van der Waals surface area (Å²) in [5, 5.41) is 8.72. The van der Waals surface area contributed by atoms with Crippen molar-refractivity contribution in [3.63, 3.8) is 0 Å². The zero-order valence-corrected chi connectivity index (χ0v) is 17.7. The van der Waals surface area contributed by atoms with Gasteiger partial charge in [0.1, 0.15) is 12.1 Å². The predicted octanol–water partition coefficient (Wildman–Crippen LogP) is 3.73. The Morgan fingerprint density at radius 3 is 2.35 bits per heavy atom. The number of hydrogen-bond acceptors (Lipinski definition) is 4. The lowest BCUT2D eigenvalue weighted by Gasteiger charge is -2.39. The second kappa shape index (κ2) is 10.6. The Morgan fingerprint density at radius 1 is 0.903 bits per heavy atom. The largest absolute Gasteiger partial charge is 0.312 e. The van der Waals surface area contributed by atoms with Gasteiger partial charge in [0, 0.05) is 32.7 Å². The highest BCUT2D eigenvalue weighted by Crippen LogP contribution is 2.26. The second-order valence-corrected chi connectivity index (χ2v) is 8.07. The van der Waals surface area contributed by atoms with Gasteiger partial charge in [-0.05, 0) is 36.1 Å². The van der Waals surface area contributed by atoms with Gasteiger partial charge < -0.3 is 9.47 Å². The van der Waals surface area contributed by atoms with E-state index in [2.05, 4.69) is 36.7 Å². The average Bonchev–Trinajstić information content (AvgIpc) is 3.26. The van der Waals surface area contributed by atoms with Crippen LogP contribution in [0.1, 0.15) is 29.4 Å². The highest BCUT2D eigenvalue weighted by atomic mass is 19.1. The third kappa shape index (κ3) is 5.74. The number of halogens is 2. The van der Waals surface area contributed by atoms with Gasteiger partial charge in [0.15, 0.2) is 5.82 Å². The van der Waals surface area contributed by atoms with Crippen molar-refractivity contribution >= 4 is 0 Å². The molecular weight excluding hydrogens is 396 g/mol. The van der Waals surface area contributed by atoms with Gasteiger partial charge in [-0.15, -0.1) is 10.2 Å². The molecule has 1 saturated heterocycles. The zero-order chi connectivity index (χ0) is 21.5. The number of rotatable bonds is 9. The van der Waals surface area contributed by atoms with E-state index in [1.54, 1.807) is 6.33 Å². The van der Waals surface area contributed by atoms with Crippen LogP contribution in [0, 0.1) is 5.82 Å². The van der Waals surface area contributed by atoms with E-state index in [4.69, 9.17) is 0 Å². The van der Waals surface area contributed by atoms with Crippen LogP contribution in [-0.4, -0.2) is 64.0 Å². The first-order valence-corrected chi connectivity index (χ1v) is 10.9. The third-order valence-electron chi connectivity index (χ3n) is 5.94. The molecule has 0 bridgehead atoms. The first kappa shape index (κ1) is 21.6. The molecule has 1 aliphatic rings. The SMILES string of the molecule is FCCCN1CCN(C(Cc2ccc(F)cc2)c2nncn2Cc2ccccc2)CC1. The molecule has 1 fully saturated rings. The number of alkyl halides is 1. The van der Waals surface area contributed by atoms with Crippen LogP contribution in [0.25, 0.3) is 0 Å². The lowest BCUT2D eigenvalue weighted by Crippen LogP contribution is -2.48. The van der Waals surface area contributed by atoms with Crippen LogP contribution in [0.3, 0.4) is 0 Å². The molecule has 2 aromatic carbocycles. The molecule has 0 aliphatic carbocycles. The molecule has 2 heterocycles. The van der Waals surface area contributed by atoms with Gasteiger partial charge in [0.05, 0.1) is 19.3 Å². The standard InChI is InChI=1S/C24H29F2N5/c25-11-4-12-29-13-15-30(16-14-29)23(17-20-7-9-22(26)10-8-20)24-28-27-19-31(24)18-21-5-2-1-3-6-21/h1-3,5-10,19,23H,4,11-18H2. The van der Waals surface area contributed by atoms with Crippen molar-refractivity contribution in [3.8, 4) is 0 Å². The van der Waals surface area contributed by atoms with E-state index in [0.717, 1.165) is 50.5 Å². The molecule has 0 amide bonds. The normalized spacial score (nSPS) is 16.5. The van der Waals surface area contributed by atoms with Crippen LogP contribution >= 0.6 is 0 Å². The van der Waals surface area contributed by atoms with E-state index in [0.29, 0.717) is 13.0 Å². The van der Waals surface area contributed by atoms with E-state index < -0.39 is 0 Å². The maximum Gasteiger partial charge on any atom is 0.150 e. The molecule has 5 nitrogen and oxygen atoms in total. The molecular formula is C24H29F2N5. The van der Waals surface area contributed by atoms with Crippen molar-refractivity contribution in [2.75, 3.05) is 39.4 Å². The third-order valence-corrected chi connectivity index (χ3v) is 5.94. The summed E-state index contributed by atoms with van der Waals surface area (Å²) >= 11 is 0. The van der Waals surface area contributed by atoms with E-state index in [1.165, 1.54) is 17.7 Å². The van der Waals surface area contributed by atoms with Gasteiger partial charge in [-0.25, -0.2) is 4.39 Å². The average molecular weight is 426 g/mol. The highest BCUT2D eigenvalue weighted by molar-refractivity contribution is 5.20. The highest BCUT2D eigenvalue weighted by Gasteiger charge is 2.28. The summed E-state index contributed by atoms with van der Waals surface area (Å²) in [6, 6.07) is 17.0. The molecule has 0 saturated carbocycles. The number of aromatic nitrogens is 3. The topological polar surface area (TPSA) is 37.2 Å². The minimum Gasteiger partial charge on any atom is -0.312 e. The summed E-state index contributed by atoms with van der Waals surface area (Å²) in [7, 11) is 0. The Labute approximate surface area is 182 Å². The minimum atomic E-state index is -0.268. The fraction of sp³-hybridized carbons (Fsp3) is 0.417. The number of benzene rings is 2. The van der Waals surface area contributed by atoms with E-state index in [1.807, 2.05) is 30.3 Å². The van der Waals surface area contributed by atoms with Crippen LogP contribution in [-0.2, 0) is 13.0 Å². The molecule has 31 heavy (non-hydrogen) atoms. The molecule has 3 aromatic rings. The Hall–Kier alpha value is -2.64. The summed E-state index contributed by atoms with van der Waals surface area (Å²) in [6.45, 7) is 4.83. The lowest BCUT2D eigenvalue weighted by atomic mass is 10.0. The van der Waals surface area contributed by atoms with Crippen molar-refractivity contribution < 1.29 is 8.78 Å². The summed E-state index contributed by atoms with van der Waals surface area (Å²) in [4.78, 5) is 4.75. The van der Waals surface area contributed by atoms with E-state index >= 15 is 0 Å². The van der Waals surface area contributed by atoms with Crippen molar-refractivity contribution in [2.24, 2.45) is 0 Å². The predicted molar refractivity (Wildman–Crippen MR) is 117 cm³/mol. The summed E-state index contributed by atoms with van der Waals surface area (Å²) in [5.74, 6) is 0.694. The second-order valence-electron chi connectivity index (χ2n) is 8.07. The maximum atomic E-state index is 13.4. The molecule has 7 heteroatoms. The fourth-order valence-corrected chi connectivity index (χ4v) is 4.23. The molecule has 0 radical (unpaired) electrons. The smallest absolute Gasteiger partial charge is 0.150 e. The van der Waals surface area contributed by atoms with Gasteiger partial charge in [0.2, 0.25) is 0 Å². The maximum absolute atomic E-state index is 13.4. The first-order chi connectivity index (χ1) is 15.2. The van der Waals surface area contributed by atoms with Gasteiger partial charge in [-0.3, -0.25) is 9.29 Å². The van der Waals surface area contributed by atoms with Gasteiger partial charge in [-0.2, -0.15) is 0 Å². The Morgan fingerprint density at radius 2 is 1.65 bits per heavy atom. The van der Waals surface area contributed by atoms with Crippen molar-refractivity contribution in [1.29, 1.82) is 0 Å². The minimum absolute atomic E-state index is 0.0417. The number of piperazine rings is 1. The van der Waals surface area contributed by atoms with Crippen LogP contribution in [0.5, 0.6) is 0 Å². The molecule has 1 aromatic heterocycles. The molecule has 1 aliphatic heterocycles. The number of nitrogens with zero attached hydrogens (tertiary/aromatic N) is 5. The van der Waals surface area contributed by atoms with Crippen molar-refractivity contribution in [1.82, 2.24) is 24.6 Å². The number of hydrogen-bond donors (Lipinski definition) is 0. The van der Waals surface area contributed by atoms with Crippen LogP contribution in [0.15, 0.2) is 60.9 Å². The molecule has 0 spiro atoms. The quantitative estimate of drug-likeness (QED) is 0.524. The summed E-state index contributed by atoms with van der Waals surface area (Å²) in [6.07, 6.45) is 3.11. The Bertz CT molecular complexity index is 921. The summed E-state index contributed by atoms with van der Waals surface area (Å²) < 4.78 is 28.1. The van der Waals surface area contributed by atoms with Crippen LogP contribution in [0.2, 0.25) is 0 Å². The molecule has 164 valence electrons. The van der Waals surface area contributed by atoms with Gasteiger partial charge in [0.25, 0.3) is 0 Å². The first-order valence-electron chi connectivity index (χ1n) is 10.9. The van der Waals surface area contributed by atoms with Gasteiger partial charge >= 0.3 is 0 Å². The van der Waals surface area contributed by atoms with Crippen molar-refractivity contribution in [2.45, 2.75) is 25.4 Å². The monoisotopic (exact) mass is 425 g/mol. The van der Waals surface area contributed by atoms with Crippen LogP contribution in [0.4, 0.5) is 8.78 Å². The molecule has 0 N–H and O–H groups in total. The van der Waals surface area contributed by atoms with Crippen LogP contribution < -0.4 is 0 Å². The molecule has 1 unspecified atom stereocenters.